The average Bonchev–Trinajstić information content (AvgIpc) is 3.26. The number of aromatic amines is 1. The van der Waals surface area contributed by atoms with E-state index in [0.29, 0.717) is 31.1 Å². The molecule has 35 heavy (non-hydrogen) atoms. The molecule has 1 unspecified atom stereocenters. The Hall–Kier alpha value is -2.87. The largest absolute Gasteiger partial charge is 0.481 e. The Morgan fingerprint density at radius 2 is 1.80 bits per heavy atom. The van der Waals surface area contributed by atoms with Crippen LogP contribution in [0.25, 0.3) is 10.9 Å². The van der Waals surface area contributed by atoms with Gasteiger partial charge in [0.1, 0.15) is 0 Å². The van der Waals surface area contributed by atoms with Crippen LogP contribution in [0.1, 0.15) is 63.4 Å². The number of H-pyrrole nitrogens is 1. The van der Waals surface area contributed by atoms with Gasteiger partial charge in [-0.25, -0.2) is 0 Å². The first-order valence-corrected chi connectivity index (χ1v) is 13.0. The summed E-state index contributed by atoms with van der Waals surface area (Å²) in [7, 11) is 0. The monoisotopic (exact) mass is 482 g/mol. The Morgan fingerprint density at radius 3 is 2.54 bits per heavy atom. The molecule has 1 aromatic heterocycles. The third kappa shape index (κ3) is 6.84. The first kappa shape index (κ1) is 25.2. The van der Waals surface area contributed by atoms with E-state index in [1.165, 1.54) is 12.8 Å². The van der Waals surface area contributed by atoms with Crippen molar-refractivity contribution >= 4 is 28.7 Å². The smallest absolute Gasteiger partial charge is 0.305 e. The average molecular weight is 483 g/mol. The summed E-state index contributed by atoms with van der Waals surface area (Å²) in [4.78, 5) is 41.7. The van der Waals surface area contributed by atoms with E-state index >= 15 is 0 Å². The highest BCUT2D eigenvalue weighted by Gasteiger charge is 2.36. The number of amides is 2. The van der Waals surface area contributed by atoms with Crippen molar-refractivity contribution < 1.29 is 19.5 Å². The summed E-state index contributed by atoms with van der Waals surface area (Å²) in [5.74, 6) is -0.987. The van der Waals surface area contributed by atoms with Gasteiger partial charge in [-0.3, -0.25) is 14.4 Å². The number of carboxylic acid groups (broad SMARTS) is 1. The number of aryl methyl sites for hydroxylation is 1. The number of benzene rings is 1. The second-order valence-electron chi connectivity index (χ2n) is 10.2. The molecule has 8 nitrogen and oxygen atoms in total. The Kier molecular flexibility index (Phi) is 8.44. The van der Waals surface area contributed by atoms with Crippen LogP contribution in [0, 0.1) is 5.41 Å². The number of hydrogen-bond acceptors (Lipinski definition) is 4. The van der Waals surface area contributed by atoms with E-state index < -0.39 is 12.0 Å². The molecule has 3 heterocycles. The Balaban J connectivity index is 1.19. The molecule has 1 atom stereocenters. The van der Waals surface area contributed by atoms with E-state index in [2.05, 4.69) is 15.6 Å². The van der Waals surface area contributed by atoms with Crippen molar-refractivity contribution in [1.82, 2.24) is 20.5 Å². The first-order chi connectivity index (χ1) is 16.9. The molecule has 0 saturated carbocycles. The molecule has 0 radical (unpaired) electrons. The topological polar surface area (TPSA) is 115 Å². The Labute approximate surface area is 206 Å². The van der Waals surface area contributed by atoms with Gasteiger partial charge < -0.3 is 25.6 Å². The minimum absolute atomic E-state index is 0.113. The predicted molar refractivity (Wildman–Crippen MR) is 135 cm³/mol. The summed E-state index contributed by atoms with van der Waals surface area (Å²) >= 11 is 0. The molecule has 4 rings (SSSR count). The number of fused-ring (bicyclic) bond motifs is 1. The summed E-state index contributed by atoms with van der Waals surface area (Å²) in [5.41, 5.74) is 2.57. The SMILES string of the molecule is O=C(O)CC(CCc1c[nH]c2ccccc12)NC(=O)CCCC(=O)N1CCC2(CCNCC2)CC1. The first-order valence-electron chi connectivity index (χ1n) is 13.0. The highest BCUT2D eigenvalue weighted by Crippen LogP contribution is 2.39. The number of nitrogens with one attached hydrogen (secondary N) is 3. The lowest BCUT2D eigenvalue weighted by atomic mass is 9.71. The molecule has 0 aliphatic carbocycles. The number of carbonyl (C=O) groups excluding carboxylic acids is 2. The van der Waals surface area contributed by atoms with Crippen LogP contribution in [-0.4, -0.2) is 65.0 Å². The molecule has 1 spiro atoms. The van der Waals surface area contributed by atoms with Crippen LogP contribution in [0.5, 0.6) is 0 Å². The molecule has 2 fully saturated rings. The predicted octanol–water partition coefficient (Wildman–Crippen LogP) is 3.22. The van der Waals surface area contributed by atoms with E-state index in [9.17, 15) is 19.5 Å². The number of likely N-dealkylation sites (tertiary alicyclic amines) is 1. The number of aromatic nitrogens is 1. The lowest BCUT2D eigenvalue weighted by molar-refractivity contribution is -0.137. The number of para-hydroxylation sites is 1. The fourth-order valence-electron chi connectivity index (χ4n) is 5.65. The second kappa shape index (κ2) is 11.7. The lowest BCUT2D eigenvalue weighted by Gasteiger charge is -2.44. The van der Waals surface area contributed by atoms with Crippen molar-refractivity contribution in [1.29, 1.82) is 0 Å². The fraction of sp³-hybridized carbons (Fsp3) is 0.593. The number of rotatable bonds is 10. The summed E-state index contributed by atoms with van der Waals surface area (Å²) in [6.07, 6.45) is 8.69. The second-order valence-corrected chi connectivity index (χ2v) is 10.2. The van der Waals surface area contributed by atoms with E-state index in [4.69, 9.17) is 0 Å². The summed E-state index contributed by atoms with van der Waals surface area (Å²) in [5, 5.41) is 16.7. The Bertz CT molecular complexity index is 1020. The van der Waals surface area contributed by atoms with E-state index in [-0.39, 0.29) is 24.7 Å². The van der Waals surface area contributed by atoms with Crippen LogP contribution in [0.2, 0.25) is 0 Å². The van der Waals surface area contributed by atoms with Gasteiger partial charge in [0.25, 0.3) is 0 Å². The molecule has 8 heteroatoms. The van der Waals surface area contributed by atoms with E-state index in [1.54, 1.807) is 0 Å². The number of nitrogens with zero attached hydrogens (tertiary/aromatic N) is 1. The van der Waals surface area contributed by atoms with Crippen LogP contribution in [0.15, 0.2) is 30.5 Å². The van der Waals surface area contributed by atoms with Crippen molar-refractivity contribution in [3.05, 3.63) is 36.0 Å². The Morgan fingerprint density at radius 1 is 1.06 bits per heavy atom. The molecule has 4 N–H and O–H groups in total. The fourth-order valence-corrected chi connectivity index (χ4v) is 5.65. The van der Waals surface area contributed by atoms with Gasteiger partial charge in [-0.1, -0.05) is 18.2 Å². The van der Waals surface area contributed by atoms with Gasteiger partial charge in [0.05, 0.1) is 6.42 Å². The highest BCUT2D eigenvalue weighted by atomic mass is 16.4. The van der Waals surface area contributed by atoms with E-state index in [0.717, 1.165) is 55.5 Å². The molecule has 1 aromatic carbocycles. The quantitative estimate of drug-likeness (QED) is 0.415. The van der Waals surface area contributed by atoms with Crippen molar-refractivity contribution in [3.8, 4) is 0 Å². The number of piperidine rings is 2. The standard InChI is InChI=1S/C27H38N4O4/c32-24(6-3-7-25(33)31-16-12-27(13-17-31)10-14-28-15-11-27)30-21(18-26(34)35)9-8-20-19-29-23-5-2-1-4-22(20)23/h1-2,4-5,19,21,28-29H,3,6-18H2,(H,30,32)(H,34,35). The zero-order chi connectivity index (χ0) is 24.7. The molecule has 2 aliphatic heterocycles. The summed E-state index contributed by atoms with van der Waals surface area (Å²) < 4.78 is 0. The van der Waals surface area contributed by atoms with Crippen LogP contribution in [0.3, 0.4) is 0 Å². The van der Waals surface area contributed by atoms with Crippen molar-refractivity contribution in [2.75, 3.05) is 26.2 Å². The van der Waals surface area contributed by atoms with Crippen molar-refractivity contribution in [3.63, 3.8) is 0 Å². The third-order valence-electron chi connectivity index (χ3n) is 7.86. The van der Waals surface area contributed by atoms with Gasteiger partial charge >= 0.3 is 5.97 Å². The minimum Gasteiger partial charge on any atom is -0.481 e. The maximum Gasteiger partial charge on any atom is 0.305 e. The number of hydrogen-bond donors (Lipinski definition) is 4. The van der Waals surface area contributed by atoms with Crippen LogP contribution >= 0.6 is 0 Å². The van der Waals surface area contributed by atoms with Gasteiger partial charge in [0, 0.05) is 49.1 Å². The normalized spacial score (nSPS) is 18.5. The molecule has 190 valence electrons. The zero-order valence-electron chi connectivity index (χ0n) is 20.5. The molecule has 0 bridgehead atoms. The van der Waals surface area contributed by atoms with Gasteiger partial charge in [0.2, 0.25) is 11.8 Å². The zero-order valence-corrected chi connectivity index (χ0v) is 20.5. The van der Waals surface area contributed by atoms with E-state index in [1.807, 2.05) is 35.4 Å². The lowest BCUT2D eigenvalue weighted by Crippen LogP contribution is -2.47. The summed E-state index contributed by atoms with van der Waals surface area (Å²) in [6, 6.07) is 7.56. The number of carboxylic acids is 1. The minimum atomic E-state index is -0.930. The van der Waals surface area contributed by atoms with Gasteiger partial charge in [-0.15, -0.1) is 0 Å². The molecular formula is C27H38N4O4. The molecular weight excluding hydrogens is 444 g/mol. The van der Waals surface area contributed by atoms with Gasteiger partial charge in [-0.05, 0) is 75.1 Å². The van der Waals surface area contributed by atoms with Crippen molar-refractivity contribution in [2.24, 2.45) is 5.41 Å². The molecule has 2 aromatic rings. The van der Waals surface area contributed by atoms with Crippen molar-refractivity contribution in [2.45, 2.75) is 70.3 Å². The van der Waals surface area contributed by atoms with Crippen LogP contribution < -0.4 is 10.6 Å². The van der Waals surface area contributed by atoms with Crippen LogP contribution in [-0.2, 0) is 20.8 Å². The summed E-state index contributed by atoms with van der Waals surface area (Å²) in [6.45, 7) is 3.79. The number of carbonyl (C=O) groups is 3. The molecule has 2 aliphatic rings. The van der Waals surface area contributed by atoms with Gasteiger partial charge in [-0.2, -0.15) is 0 Å². The highest BCUT2D eigenvalue weighted by molar-refractivity contribution is 5.83. The van der Waals surface area contributed by atoms with Gasteiger partial charge in [0.15, 0.2) is 0 Å². The third-order valence-corrected chi connectivity index (χ3v) is 7.86. The van der Waals surface area contributed by atoms with Crippen LogP contribution in [0.4, 0.5) is 0 Å². The maximum absolute atomic E-state index is 12.7. The molecule has 2 amide bonds. The maximum atomic E-state index is 12.7. The number of aliphatic carboxylic acids is 1. The molecule has 2 saturated heterocycles.